The number of carbonyl (C=O) groups is 1. The Morgan fingerprint density at radius 1 is 0.806 bits per heavy atom. The fourth-order valence-electron chi connectivity index (χ4n) is 3.27. The van der Waals surface area contributed by atoms with E-state index in [0.717, 1.165) is 47.6 Å². The van der Waals surface area contributed by atoms with Crippen LogP contribution in [-0.4, -0.2) is 12.6 Å². The van der Waals surface area contributed by atoms with Crippen molar-refractivity contribution in [3.8, 4) is 23.3 Å². The Balaban J connectivity index is 1.48. The molecule has 0 unspecified atom stereocenters. The number of hydrogen-bond acceptors (Lipinski definition) is 3. The largest absolute Gasteiger partial charge is 0.494 e. The maximum absolute atomic E-state index is 13.2. The summed E-state index contributed by atoms with van der Waals surface area (Å²) < 4.78 is 50.4. The zero-order valence-electron chi connectivity index (χ0n) is 20.0. The summed E-state index contributed by atoms with van der Waals surface area (Å²) in [4.78, 5) is 12.0. The van der Waals surface area contributed by atoms with E-state index in [1.807, 2.05) is 24.3 Å². The van der Waals surface area contributed by atoms with Crippen molar-refractivity contribution in [2.75, 3.05) is 6.61 Å². The van der Waals surface area contributed by atoms with Crippen LogP contribution in [-0.2, 0) is 4.79 Å². The molecule has 0 bridgehead atoms. The van der Waals surface area contributed by atoms with Crippen molar-refractivity contribution in [2.45, 2.75) is 39.0 Å². The fourth-order valence-corrected chi connectivity index (χ4v) is 3.27. The minimum atomic E-state index is -1.56. The van der Waals surface area contributed by atoms with Crippen molar-refractivity contribution in [2.24, 2.45) is 0 Å². The summed E-state index contributed by atoms with van der Waals surface area (Å²) in [5, 5.41) is 0. The van der Waals surface area contributed by atoms with Crippen LogP contribution in [0, 0.1) is 29.3 Å². The van der Waals surface area contributed by atoms with Gasteiger partial charge in [-0.25, -0.2) is 18.0 Å². The molecule has 0 aliphatic rings. The maximum atomic E-state index is 13.2. The summed E-state index contributed by atoms with van der Waals surface area (Å²) in [6.45, 7) is 2.91. The Labute approximate surface area is 209 Å². The third-order valence-corrected chi connectivity index (χ3v) is 5.21. The zero-order valence-corrected chi connectivity index (χ0v) is 20.0. The third-order valence-electron chi connectivity index (χ3n) is 5.21. The normalized spacial score (nSPS) is 10.7. The Morgan fingerprint density at radius 2 is 1.36 bits per heavy atom. The van der Waals surface area contributed by atoms with Crippen LogP contribution in [0.4, 0.5) is 13.2 Å². The molecule has 3 aromatic carbocycles. The van der Waals surface area contributed by atoms with Crippen LogP contribution in [0.5, 0.6) is 11.5 Å². The van der Waals surface area contributed by atoms with E-state index in [-0.39, 0.29) is 11.3 Å². The van der Waals surface area contributed by atoms with Gasteiger partial charge in [0.15, 0.2) is 17.5 Å². The number of rotatable bonds is 10. The van der Waals surface area contributed by atoms with Gasteiger partial charge in [0, 0.05) is 17.2 Å². The van der Waals surface area contributed by atoms with Gasteiger partial charge in [-0.1, -0.05) is 44.4 Å². The topological polar surface area (TPSA) is 35.5 Å². The minimum absolute atomic E-state index is 0.00373. The molecule has 6 heteroatoms. The number of carbonyl (C=O) groups excluding carboxylic acids is 1. The van der Waals surface area contributed by atoms with Gasteiger partial charge in [0.2, 0.25) is 0 Å². The zero-order chi connectivity index (χ0) is 25.8. The summed E-state index contributed by atoms with van der Waals surface area (Å²) in [5.74, 6) is 2.25. The number of ether oxygens (including phenoxy) is 2. The molecule has 0 spiro atoms. The average molecular weight is 493 g/mol. The van der Waals surface area contributed by atoms with Gasteiger partial charge >= 0.3 is 5.97 Å². The van der Waals surface area contributed by atoms with Gasteiger partial charge < -0.3 is 9.47 Å². The van der Waals surface area contributed by atoms with Crippen molar-refractivity contribution in [1.29, 1.82) is 0 Å². The van der Waals surface area contributed by atoms with Crippen LogP contribution in [0.25, 0.3) is 6.08 Å². The lowest BCUT2D eigenvalue weighted by Gasteiger charge is -2.05. The molecule has 186 valence electrons. The highest BCUT2D eigenvalue weighted by molar-refractivity contribution is 5.88. The van der Waals surface area contributed by atoms with Crippen LogP contribution in [0.3, 0.4) is 0 Å². The van der Waals surface area contributed by atoms with E-state index >= 15 is 0 Å². The van der Waals surface area contributed by atoms with Gasteiger partial charge in [-0.2, -0.15) is 0 Å². The molecule has 0 aliphatic carbocycles. The molecule has 0 saturated carbocycles. The molecule has 36 heavy (non-hydrogen) atoms. The maximum Gasteiger partial charge on any atom is 0.336 e. The highest BCUT2D eigenvalue weighted by Crippen LogP contribution is 2.16. The molecule has 3 aromatic rings. The second-order valence-corrected chi connectivity index (χ2v) is 8.11. The molecule has 0 saturated heterocycles. The molecule has 0 amide bonds. The molecule has 0 heterocycles. The molecule has 0 radical (unpaired) electrons. The van der Waals surface area contributed by atoms with Crippen LogP contribution < -0.4 is 9.47 Å². The van der Waals surface area contributed by atoms with Crippen LogP contribution in [0.15, 0.2) is 66.7 Å². The van der Waals surface area contributed by atoms with Crippen LogP contribution >= 0.6 is 0 Å². The summed E-state index contributed by atoms with van der Waals surface area (Å²) >= 11 is 0. The summed E-state index contributed by atoms with van der Waals surface area (Å²) in [6, 6.07) is 15.8. The number of esters is 1. The van der Waals surface area contributed by atoms with Crippen LogP contribution in [0.2, 0.25) is 0 Å². The predicted molar refractivity (Wildman–Crippen MR) is 134 cm³/mol. The van der Waals surface area contributed by atoms with Gasteiger partial charge in [-0.3, -0.25) is 0 Å². The van der Waals surface area contributed by atoms with Gasteiger partial charge in [0.05, 0.1) is 6.61 Å². The molecular formula is C30H27F3O3. The molecule has 0 aliphatic heterocycles. The third kappa shape index (κ3) is 8.66. The van der Waals surface area contributed by atoms with Crippen LogP contribution in [0.1, 0.15) is 55.7 Å². The fraction of sp³-hybridized carbons (Fsp3) is 0.233. The first-order chi connectivity index (χ1) is 17.4. The van der Waals surface area contributed by atoms with Gasteiger partial charge in [0.25, 0.3) is 0 Å². The van der Waals surface area contributed by atoms with Crippen molar-refractivity contribution in [3.63, 3.8) is 0 Å². The first-order valence-electron chi connectivity index (χ1n) is 11.8. The van der Waals surface area contributed by atoms with Crippen molar-refractivity contribution in [1.82, 2.24) is 0 Å². The number of unbranched alkanes of at least 4 members (excludes halogenated alkanes) is 4. The number of benzene rings is 3. The quantitative estimate of drug-likeness (QED) is 0.0735. The monoisotopic (exact) mass is 492 g/mol. The summed E-state index contributed by atoms with van der Waals surface area (Å²) in [7, 11) is 0. The van der Waals surface area contributed by atoms with Crippen molar-refractivity contribution >= 4 is 12.0 Å². The molecule has 0 atom stereocenters. The lowest BCUT2D eigenvalue weighted by molar-refractivity contribution is -0.128. The summed E-state index contributed by atoms with van der Waals surface area (Å²) in [6.07, 6.45) is 8.12. The number of halogens is 3. The molecule has 0 fully saturated rings. The van der Waals surface area contributed by atoms with E-state index in [1.54, 1.807) is 24.3 Å². The van der Waals surface area contributed by atoms with Crippen molar-refractivity contribution in [3.05, 3.63) is 101 Å². The smallest absolute Gasteiger partial charge is 0.336 e. The SMILES string of the molecule is CCCCCCCOc1ccc(C#Cc2ccc(OC(=O)/C=C/c3cc(F)c(F)c(F)c3)cc2)cc1. The van der Waals surface area contributed by atoms with E-state index in [4.69, 9.17) is 9.47 Å². The number of hydrogen-bond donors (Lipinski definition) is 0. The van der Waals surface area contributed by atoms with Crippen molar-refractivity contribution < 1.29 is 27.4 Å². The van der Waals surface area contributed by atoms with E-state index in [2.05, 4.69) is 18.8 Å². The lowest BCUT2D eigenvalue weighted by Crippen LogP contribution is -2.03. The highest BCUT2D eigenvalue weighted by atomic mass is 19.2. The molecule has 3 nitrogen and oxygen atoms in total. The summed E-state index contributed by atoms with van der Waals surface area (Å²) in [5.41, 5.74) is 1.57. The van der Waals surface area contributed by atoms with E-state index in [0.29, 0.717) is 6.61 Å². The highest BCUT2D eigenvalue weighted by Gasteiger charge is 2.09. The first-order valence-corrected chi connectivity index (χ1v) is 11.8. The minimum Gasteiger partial charge on any atom is -0.494 e. The molecule has 0 aromatic heterocycles. The standard InChI is InChI=1S/C30H27F3O3/c1-2-3-4-5-6-19-35-25-14-9-22(10-15-25)7-8-23-11-16-26(17-12-23)36-29(34)18-13-24-20-27(31)30(33)28(32)21-24/h9-18,20-21H,2-6,19H2,1H3/b18-13+. The first kappa shape index (κ1) is 26.6. The van der Waals surface area contributed by atoms with E-state index in [9.17, 15) is 18.0 Å². The van der Waals surface area contributed by atoms with E-state index < -0.39 is 23.4 Å². The average Bonchev–Trinajstić information content (AvgIpc) is 2.88. The lowest BCUT2D eigenvalue weighted by atomic mass is 10.1. The van der Waals surface area contributed by atoms with E-state index in [1.165, 1.54) is 25.7 Å². The van der Waals surface area contributed by atoms with Gasteiger partial charge in [-0.15, -0.1) is 0 Å². The van der Waals surface area contributed by atoms with Gasteiger partial charge in [0.1, 0.15) is 11.5 Å². The molecule has 0 N–H and O–H groups in total. The Hall–Kier alpha value is -3.98. The van der Waals surface area contributed by atoms with Gasteiger partial charge in [-0.05, 0) is 78.7 Å². The second-order valence-electron chi connectivity index (χ2n) is 8.11. The Bertz CT molecular complexity index is 1210. The predicted octanol–water partition coefficient (Wildman–Crippen LogP) is 7.47. The Morgan fingerprint density at radius 3 is 1.94 bits per heavy atom. The molecule has 3 rings (SSSR count). The Kier molecular flexibility index (Phi) is 10.2. The second kappa shape index (κ2) is 13.8. The molecular weight excluding hydrogens is 465 g/mol.